The largest absolute Gasteiger partial charge is 0.356 e. The number of carbonyl (C=O) groups excluding carboxylic acids is 2. The number of rotatable bonds is 7. The van der Waals surface area contributed by atoms with E-state index in [1.54, 1.807) is 0 Å². The molecule has 1 aromatic rings. The number of amides is 3. The summed E-state index contributed by atoms with van der Waals surface area (Å²) in [5.74, 6) is 0.174. The van der Waals surface area contributed by atoms with E-state index in [1.807, 2.05) is 30.4 Å². The van der Waals surface area contributed by atoms with Crippen LogP contribution in [0.3, 0.4) is 0 Å². The van der Waals surface area contributed by atoms with Gasteiger partial charge in [0.25, 0.3) is 0 Å². The number of aryl methyl sites for hydroxylation is 3. The number of hydrogen-bond acceptors (Lipinski definition) is 3. The van der Waals surface area contributed by atoms with E-state index >= 15 is 0 Å². The topological polar surface area (TPSA) is 79.3 Å². The lowest BCUT2D eigenvalue weighted by Crippen LogP contribution is -2.47. The van der Waals surface area contributed by atoms with E-state index in [1.165, 1.54) is 0 Å². The summed E-state index contributed by atoms with van der Waals surface area (Å²) < 4.78 is 1.97. The van der Waals surface area contributed by atoms with Gasteiger partial charge in [-0.25, -0.2) is 4.79 Å². The number of piperidine rings is 1. The molecule has 7 heteroatoms. The molecule has 0 aliphatic carbocycles. The van der Waals surface area contributed by atoms with E-state index in [2.05, 4.69) is 21.8 Å². The predicted molar refractivity (Wildman–Crippen MR) is 97.3 cm³/mol. The summed E-state index contributed by atoms with van der Waals surface area (Å²) in [5.41, 5.74) is 2.17. The third-order valence-corrected chi connectivity index (χ3v) is 4.63. The van der Waals surface area contributed by atoms with Gasteiger partial charge < -0.3 is 15.5 Å². The van der Waals surface area contributed by atoms with Gasteiger partial charge in [-0.1, -0.05) is 6.92 Å². The van der Waals surface area contributed by atoms with Crippen LogP contribution in [0.1, 0.15) is 44.0 Å². The molecular weight excluding hydrogens is 318 g/mol. The maximum atomic E-state index is 12.2. The molecule has 0 atom stereocenters. The van der Waals surface area contributed by atoms with Gasteiger partial charge in [0.1, 0.15) is 0 Å². The van der Waals surface area contributed by atoms with Crippen LogP contribution in [0.4, 0.5) is 4.79 Å². The molecule has 3 amide bonds. The maximum absolute atomic E-state index is 12.2. The molecule has 2 N–H and O–H groups in total. The quantitative estimate of drug-likeness (QED) is 0.737. The van der Waals surface area contributed by atoms with E-state index in [0.29, 0.717) is 19.6 Å². The first kappa shape index (κ1) is 19.3. The monoisotopic (exact) mass is 349 g/mol. The molecule has 1 fully saturated rings. The van der Waals surface area contributed by atoms with Crippen molar-refractivity contribution in [2.75, 3.05) is 26.2 Å². The van der Waals surface area contributed by atoms with Crippen LogP contribution in [-0.4, -0.2) is 52.8 Å². The van der Waals surface area contributed by atoms with Crippen molar-refractivity contribution in [1.82, 2.24) is 25.3 Å². The first-order valence-electron chi connectivity index (χ1n) is 9.32. The van der Waals surface area contributed by atoms with E-state index in [0.717, 1.165) is 50.2 Å². The lowest BCUT2D eigenvalue weighted by molar-refractivity contribution is -0.126. The van der Waals surface area contributed by atoms with Gasteiger partial charge in [0, 0.05) is 44.3 Å². The average Bonchev–Trinajstić information content (AvgIpc) is 2.93. The minimum absolute atomic E-state index is 0.0271. The molecule has 0 radical (unpaired) electrons. The Balaban J connectivity index is 1.63. The lowest BCUT2D eigenvalue weighted by atomic mass is 9.96. The van der Waals surface area contributed by atoms with Crippen LogP contribution in [0.2, 0.25) is 0 Å². The molecule has 0 aromatic carbocycles. The molecule has 1 aliphatic rings. The molecule has 2 rings (SSSR count). The minimum Gasteiger partial charge on any atom is -0.356 e. The summed E-state index contributed by atoms with van der Waals surface area (Å²) in [7, 11) is 0. The zero-order valence-corrected chi connectivity index (χ0v) is 15.7. The molecular formula is C18H31N5O2. The predicted octanol–water partition coefficient (Wildman–Crippen LogP) is 1.84. The molecule has 1 aliphatic heterocycles. The normalized spacial score (nSPS) is 15.2. The van der Waals surface area contributed by atoms with Gasteiger partial charge in [0.15, 0.2) is 0 Å². The highest BCUT2D eigenvalue weighted by Gasteiger charge is 2.26. The number of urea groups is 1. The van der Waals surface area contributed by atoms with E-state index in [-0.39, 0.29) is 17.9 Å². The van der Waals surface area contributed by atoms with E-state index in [4.69, 9.17) is 0 Å². The van der Waals surface area contributed by atoms with Crippen molar-refractivity contribution in [1.29, 1.82) is 0 Å². The van der Waals surface area contributed by atoms with E-state index in [9.17, 15) is 9.59 Å². The Morgan fingerprint density at radius 3 is 2.52 bits per heavy atom. The fourth-order valence-electron chi connectivity index (χ4n) is 3.17. The smallest absolute Gasteiger partial charge is 0.317 e. The number of nitrogens with zero attached hydrogens (tertiary/aromatic N) is 3. The fraction of sp³-hybridized carbons (Fsp3) is 0.722. The Kier molecular flexibility index (Phi) is 7.28. The Bertz CT molecular complexity index is 576. The first-order valence-corrected chi connectivity index (χ1v) is 9.32. The van der Waals surface area contributed by atoms with Crippen LogP contribution in [0, 0.1) is 19.8 Å². The molecule has 25 heavy (non-hydrogen) atoms. The number of carbonyl (C=O) groups is 2. The van der Waals surface area contributed by atoms with Gasteiger partial charge in [-0.05, 0) is 45.6 Å². The van der Waals surface area contributed by atoms with Gasteiger partial charge >= 0.3 is 6.03 Å². The summed E-state index contributed by atoms with van der Waals surface area (Å²) in [6.07, 6.45) is 3.29. The van der Waals surface area contributed by atoms with Crippen molar-refractivity contribution in [3.05, 3.63) is 17.5 Å². The zero-order valence-electron chi connectivity index (χ0n) is 15.7. The Morgan fingerprint density at radius 1 is 1.20 bits per heavy atom. The molecule has 140 valence electrons. The highest BCUT2D eigenvalue weighted by molar-refractivity contribution is 5.79. The minimum atomic E-state index is -0.0271. The summed E-state index contributed by atoms with van der Waals surface area (Å²) in [5, 5.41) is 10.3. The van der Waals surface area contributed by atoms with Crippen LogP contribution < -0.4 is 10.6 Å². The highest BCUT2D eigenvalue weighted by Crippen LogP contribution is 2.17. The van der Waals surface area contributed by atoms with Crippen molar-refractivity contribution < 1.29 is 9.59 Å². The Morgan fingerprint density at radius 2 is 1.92 bits per heavy atom. The van der Waals surface area contributed by atoms with Crippen molar-refractivity contribution >= 4 is 11.9 Å². The number of aromatic nitrogens is 2. The Labute approximate surface area is 150 Å². The van der Waals surface area contributed by atoms with Crippen molar-refractivity contribution in [3.8, 4) is 0 Å². The molecule has 1 saturated heterocycles. The average molecular weight is 349 g/mol. The second-order valence-electron chi connectivity index (χ2n) is 6.79. The second kappa shape index (κ2) is 9.44. The Hall–Kier alpha value is -2.05. The van der Waals surface area contributed by atoms with Crippen molar-refractivity contribution in [3.63, 3.8) is 0 Å². The molecule has 7 nitrogen and oxygen atoms in total. The molecule has 0 saturated carbocycles. The zero-order chi connectivity index (χ0) is 18.2. The maximum Gasteiger partial charge on any atom is 0.317 e. The summed E-state index contributed by atoms with van der Waals surface area (Å²) in [6.45, 7) is 9.53. The van der Waals surface area contributed by atoms with Crippen LogP contribution in [0.5, 0.6) is 0 Å². The van der Waals surface area contributed by atoms with Gasteiger partial charge in [0.05, 0.1) is 5.69 Å². The van der Waals surface area contributed by atoms with Crippen LogP contribution in [-0.2, 0) is 11.3 Å². The number of nitrogens with one attached hydrogen (secondary N) is 2. The molecule has 2 heterocycles. The lowest BCUT2D eigenvalue weighted by Gasteiger charge is -2.31. The highest BCUT2D eigenvalue weighted by atomic mass is 16.2. The number of likely N-dealkylation sites (tertiary alicyclic amines) is 1. The van der Waals surface area contributed by atoms with Gasteiger partial charge in [0.2, 0.25) is 5.91 Å². The third kappa shape index (κ3) is 5.76. The summed E-state index contributed by atoms with van der Waals surface area (Å²) >= 11 is 0. The van der Waals surface area contributed by atoms with Crippen LogP contribution in [0.15, 0.2) is 6.07 Å². The molecule has 0 spiro atoms. The molecule has 0 unspecified atom stereocenters. The fourth-order valence-corrected chi connectivity index (χ4v) is 3.17. The summed E-state index contributed by atoms with van der Waals surface area (Å²) in [6, 6.07) is 2.03. The summed E-state index contributed by atoms with van der Waals surface area (Å²) in [4.78, 5) is 26.0. The second-order valence-corrected chi connectivity index (χ2v) is 6.79. The number of hydrogen-bond donors (Lipinski definition) is 2. The van der Waals surface area contributed by atoms with Crippen LogP contribution >= 0.6 is 0 Å². The van der Waals surface area contributed by atoms with Gasteiger partial charge in [-0.15, -0.1) is 0 Å². The molecule has 1 aromatic heterocycles. The standard InChI is InChI=1S/C18H31N5O2/c1-4-8-19-17(24)16-6-11-22(12-7-16)18(25)20-9-5-10-23-15(3)13-14(2)21-23/h13,16H,4-12H2,1-3H3,(H,19,24)(H,20,25). The van der Waals surface area contributed by atoms with Crippen LogP contribution in [0.25, 0.3) is 0 Å². The third-order valence-electron chi connectivity index (χ3n) is 4.63. The van der Waals surface area contributed by atoms with Gasteiger partial charge in [-0.3, -0.25) is 9.48 Å². The van der Waals surface area contributed by atoms with E-state index < -0.39 is 0 Å². The first-order chi connectivity index (χ1) is 12.0. The SMILES string of the molecule is CCCNC(=O)C1CCN(C(=O)NCCCn2nc(C)cc2C)CC1. The molecule has 0 bridgehead atoms. The van der Waals surface area contributed by atoms with Gasteiger partial charge in [-0.2, -0.15) is 5.10 Å². The van der Waals surface area contributed by atoms with Crippen molar-refractivity contribution in [2.24, 2.45) is 5.92 Å². The van der Waals surface area contributed by atoms with Crippen molar-refractivity contribution in [2.45, 2.75) is 53.0 Å².